The molecule has 0 aliphatic carbocycles. The number of carbonyl (C=O) groups excluding carboxylic acids is 1. The van der Waals surface area contributed by atoms with Gasteiger partial charge in [-0.2, -0.15) is 8.42 Å². The van der Waals surface area contributed by atoms with E-state index in [1.54, 1.807) is 6.08 Å². The molecule has 0 saturated carbocycles. The monoisotopic (exact) mass is 960 g/mol. The summed E-state index contributed by atoms with van der Waals surface area (Å²) in [4.78, 5) is 13.1. The molecule has 66 heavy (non-hydrogen) atoms. The van der Waals surface area contributed by atoms with Crippen molar-refractivity contribution in [1.82, 2.24) is 5.32 Å². The van der Waals surface area contributed by atoms with Crippen molar-refractivity contribution in [3.63, 3.8) is 0 Å². The molecule has 1 rings (SSSR count). The van der Waals surface area contributed by atoms with Crippen LogP contribution in [0.2, 0.25) is 0 Å². The van der Waals surface area contributed by atoms with Crippen LogP contribution in [0.15, 0.2) is 24.3 Å². The maximum Gasteiger partial charge on any atom is 0.397 e. The Balaban J connectivity index is 2.34. The van der Waals surface area contributed by atoms with Crippen molar-refractivity contribution in [2.75, 3.05) is 13.2 Å². The van der Waals surface area contributed by atoms with Gasteiger partial charge < -0.3 is 35.2 Å². The summed E-state index contributed by atoms with van der Waals surface area (Å²) < 4.78 is 47.7. The predicted octanol–water partition coefficient (Wildman–Crippen LogP) is 12.1. The van der Waals surface area contributed by atoms with Gasteiger partial charge in [0.1, 0.15) is 24.4 Å². The first-order valence-electron chi connectivity index (χ1n) is 27.2. The first-order valence-corrected chi connectivity index (χ1v) is 28.6. The van der Waals surface area contributed by atoms with Crippen molar-refractivity contribution < 1.29 is 51.8 Å². The Bertz CT molecular complexity index is 1270. The molecule has 1 heterocycles. The van der Waals surface area contributed by atoms with Gasteiger partial charge in [-0.15, -0.1) is 0 Å². The number of aliphatic hydroxyl groups is 4. The Morgan fingerprint density at radius 3 is 1.36 bits per heavy atom. The van der Waals surface area contributed by atoms with E-state index in [4.69, 9.17) is 9.47 Å². The van der Waals surface area contributed by atoms with Crippen LogP contribution in [0.5, 0.6) is 0 Å². The summed E-state index contributed by atoms with van der Waals surface area (Å²) in [5.74, 6) is -0.262. The van der Waals surface area contributed by atoms with Crippen molar-refractivity contribution in [3.8, 4) is 0 Å². The average molecular weight is 960 g/mol. The third kappa shape index (κ3) is 35.7. The molecule has 0 aromatic heterocycles. The van der Waals surface area contributed by atoms with E-state index in [-0.39, 0.29) is 18.9 Å². The SMILES string of the molecule is CCCCCCCCCCCCC/C=C/C(O)C(COC1OC(CO)C(O)C(OS(=O)(=O)O)C1O)NC(=O)CCCCCCCCCCCC/C=C\CCCCCCCCCCCCCC. The first kappa shape index (κ1) is 62.6. The summed E-state index contributed by atoms with van der Waals surface area (Å²) in [6.07, 6.45) is 43.7. The average Bonchev–Trinajstić information content (AvgIpc) is 3.29. The topological polar surface area (TPSA) is 192 Å². The largest absolute Gasteiger partial charge is 0.397 e. The van der Waals surface area contributed by atoms with E-state index < -0.39 is 59.9 Å². The van der Waals surface area contributed by atoms with Gasteiger partial charge in [0.05, 0.1) is 25.4 Å². The second-order valence-corrected chi connectivity index (χ2v) is 20.2. The highest BCUT2D eigenvalue weighted by atomic mass is 32.3. The second kappa shape index (κ2) is 43.6. The van der Waals surface area contributed by atoms with Gasteiger partial charge in [-0.25, -0.2) is 4.18 Å². The number of unbranched alkanes of at least 4 members (excludes halogenated alkanes) is 33. The fourth-order valence-corrected chi connectivity index (χ4v) is 9.25. The molecule has 390 valence electrons. The van der Waals surface area contributed by atoms with Crippen LogP contribution in [0.1, 0.15) is 251 Å². The van der Waals surface area contributed by atoms with E-state index in [1.807, 2.05) is 6.08 Å². The summed E-state index contributed by atoms with van der Waals surface area (Å²) in [5, 5.41) is 44.8. The van der Waals surface area contributed by atoms with Gasteiger partial charge in [-0.3, -0.25) is 9.35 Å². The molecule has 7 unspecified atom stereocenters. The molecule has 1 amide bonds. The second-order valence-electron chi connectivity index (χ2n) is 19.2. The highest BCUT2D eigenvalue weighted by Crippen LogP contribution is 2.26. The minimum absolute atomic E-state index is 0.262. The molecular formula is C53H101NO11S. The predicted molar refractivity (Wildman–Crippen MR) is 269 cm³/mol. The number of amides is 1. The van der Waals surface area contributed by atoms with Gasteiger partial charge in [-0.1, -0.05) is 224 Å². The number of hydrogen-bond acceptors (Lipinski definition) is 10. The molecule has 0 radical (unpaired) electrons. The van der Waals surface area contributed by atoms with Gasteiger partial charge in [0.15, 0.2) is 6.29 Å². The van der Waals surface area contributed by atoms with Crippen LogP contribution < -0.4 is 5.32 Å². The fourth-order valence-electron chi connectivity index (χ4n) is 8.74. The van der Waals surface area contributed by atoms with Crippen LogP contribution in [0, 0.1) is 0 Å². The lowest BCUT2D eigenvalue weighted by molar-refractivity contribution is -0.298. The lowest BCUT2D eigenvalue weighted by Crippen LogP contribution is -2.61. The van der Waals surface area contributed by atoms with Crippen LogP contribution >= 0.6 is 0 Å². The van der Waals surface area contributed by atoms with E-state index >= 15 is 0 Å². The molecule has 0 aromatic carbocycles. The Hall–Kier alpha value is -1.42. The third-order valence-corrected chi connectivity index (χ3v) is 13.4. The lowest BCUT2D eigenvalue weighted by atomic mass is 9.99. The maximum absolute atomic E-state index is 13.1. The number of ether oxygens (including phenoxy) is 2. The van der Waals surface area contributed by atoms with Crippen LogP contribution in [0.25, 0.3) is 0 Å². The molecule has 1 saturated heterocycles. The molecule has 1 aliphatic rings. The van der Waals surface area contributed by atoms with Gasteiger partial charge in [0.2, 0.25) is 5.91 Å². The zero-order chi connectivity index (χ0) is 48.4. The van der Waals surface area contributed by atoms with E-state index in [9.17, 15) is 38.2 Å². The van der Waals surface area contributed by atoms with Gasteiger partial charge in [0.25, 0.3) is 0 Å². The Labute approximate surface area is 403 Å². The summed E-state index contributed by atoms with van der Waals surface area (Å²) in [6, 6.07) is -0.942. The summed E-state index contributed by atoms with van der Waals surface area (Å²) in [7, 11) is -5.09. The number of aliphatic hydroxyl groups excluding tert-OH is 4. The zero-order valence-corrected chi connectivity index (χ0v) is 42.8. The normalized spacial score (nSPS) is 20.1. The smallest absolute Gasteiger partial charge is 0.394 e. The van der Waals surface area contributed by atoms with Gasteiger partial charge in [-0.05, 0) is 44.9 Å². The first-order chi connectivity index (χ1) is 32.0. The van der Waals surface area contributed by atoms with Crippen molar-refractivity contribution in [2.45, 2.75) is 294 Å². The Morgan fingerprint density at radius 1 is 0.591 bits per heavy atom. The van der Waals surface area contributed by atoms with Gasteiger partial charge in [0, 0.05) is 6.42 Å². The molecule has 12 nitrogen and oxygen atoms in total. The van der Waals surface area contributed by atoms with Crippen LogP contribution in [-0.4, -0.2) is 95.4 Å². The van der Waals surface area contributed by atoms with E-state index in [0.717, 1.165) is 38.5 Å². The van der Waals surface area contributed by atoms with Crippen molar-refractivity contribution in [1.29, 1.82) is 0 Å². The molecule has 6 N–H and O–H groups in total. The summed E-state index contributed by atoms with van der Waals surface area (Å²) >= 11 is 0. The molecule has 7 atom stereocenters. The fraction of sp³-hybridized carbons (Fsp3) is 0.906. The van der Waals surface area contributed by atoms with Gasteiger partial charge >= 0.3 is 10.4 Å². The molecule has 0 spiro atoms. The van der Waals surface area contributed by atoms with Crippen LogP contribution in [0.4, 0.5) is 0 Å². The Morgan fingerprint density at radius 2 is 0.970 bits per heavy atom. The molecular weight excluding hydrogens is 859 g/mol. The third-order valence-electron chi connectivity index (χ3n) is 13.0. The maximum atomic E-state index is 13.1. The molecule has 1 fully saturated rings. The molecule has 13 heteroatoms. The minimum Gasteiger partial charge on any atom is -0.394 e. The zero-order valence-electron chi connectivity index (χ0n) is 42.0. The quantitative estimate of drug-likeness (QED) is 0.0193. The number of hydrogen-bond donors (Lipinski definition) is 6. The highest BCUT2D eigenvalue weighted by Gasteiger charge is 2.48. The summed E-state index contributed by atoms with van der Waals surface area (Å²) in [5.41, 5.74) is 0. The van der Waals surface area contributed by atoms with E-state index in [2.05, 4.69) is 35.5 Å². The van der Waals surface area contributed by atoms with Crippen molar-refractivity contribution in [3.05, 3.63) is 24.3 Å². The number of allylic oxidation sites excluding steroid dienone is 3. The Kier molecular flexibility index (Phi) is 41.3. The standard InChI is InChI=1S/C53H101NO11S/c1-3-5-7-9-11-13-15-17-18-19-20-21-22-23-24-25-26-27-28-29-31-33-35-37-39-41-43-49(57)54-46(47(56)42-40-38-36-34-32-30-16-14-12-10-8-6-4-2)45-63-53-51(59)52(65-66(60,61)62)50(58)48(44-55)64-53/h23-24,40,42,46-48,50-53,55-56,58-59H,3-22,25-39,41,43-45H2,1-2H3,(H,54,57)(H,60,61,62)/b24-23-,42-40+. The number of carbonyl (C=O) groups is 1. The molecule has 0 bridgehead atoms. The van der Waals surface area contributed by atoms with E-state index in [1.165, 1.54) is 186 Å². The highest BCUT2D eigenvalue weighted by molar-refractivity contribution is 7.80. The number of rotatable bonds is 47. The lowest BCUT2D eigenvalue weighted by Gasteiger charge is -2.41. The van der Waals surface area contributed by atoms with Crippen molar-refractivity contribution in [2.24, 2.45) is 0 Å². The van der Waals surface area contributed by atoms with E-state index in [0.29, 0.717) is 6.42 Å². The molecule has 0 aromatic rings. The molecule has 1 aliphatic heterocycles. The summed E-state index contributed by atoms with van der Waals surface area (Å²) in [6.45, 7) is 3.40. The van der Waals surface area contributed by atoms with Crippen LogP contribution in [0.3, 0.4) is 0 Å². The minimum atomic E-state index is -5.09. The van der Waals surface area contributed by atoms with Crippen LogP contribution in [-0.2, 0) is 28.9 Å². The van der Waals surface area contributed by atoms with Crippen molar-refractivity contribution >= 4 is 16.3 Å². The number of nitrogens with one attached hydrogen (secondary N) is 1.